The van der Waals surface area contributed by atoms with Crippen LogP contribution in [0.5, 0.6) is 0 Å². The molecule has 7 rings (SSSR count). The molecule has 7 aliphatic heterocycles. The third-order valence-corrected chi connectivity index (χ3v) is 28.2. The topological polar surface area (TPSA) is 765 Å². The lowest BCUT2D eigenvalue weighted by molar-refractivity contribution is -0.393. The maximum absolute atomic E-state index is 13.8. The van der Waals surface area contributed by atoms with Gasteiger partial charge in [0.25, 0.3) is 11.6 Å². The molecule has 0 aliphatic carbocycles. The molecule has 850 valence electrons. The summed E-state index contributed by atoms with van der Waals surface area (Å²) in [6.45, 7) is -1.85. The summed E-state index contributed by atoms with van der Waals surface area (Å²) in [6, 6.07) is -6.98. The van der Waals surface area contributed by atoms with Crippen LogP contribution in [0.1, 0.15) is 279 Å². The van der Waals surface area contributed by atoms with Gasteiger partial charge in [0.2, 0.25) is 23.6 Å². The third-order valence-electron chi connectivity index (χ3n) is 28.2. The number of aliphatic hydroxyl groups excluding tert-OH is 22. The van der Waals surface area contributed by atoms with Crippen molar-refractivity contribution in [3.8, 4) is 0 Å². The van der Waals surface area contributed by atoms with Gasteiger partial charge < -0.3 is 210 Å². The number of rotatable bonds is 70. The minimum absolute atomic E-state index is 0.147. The van der Waals surface area contributed by atoms with Gasteiger partial charge in [-0.25, -0.2) is 9.59 Å². The van der Waals surface area contributed by atoms with Gasteiger partial charge in [-0.05, 0) is 19.3 Å². The fourth-order valence-electron chi connectivity index (χ4n) is 19.8. The van der Waals surface area contributed by atoms with E-state index < -0.39 is 333 Å². The minimum Gasteiger partial charge on any atom is -0.477 e. The summed E-state index contributed by atoms with van der Waals surface area (Å²) in [7, 11) is 0. The number of aliphatic carboxylic acids is 2. The van der Waals surface area contributed by atoms with Crippen molar-refractivity contribution in [3.05, 3.63) is 12.2 Å². The zero-order valence-corrected chi connectivity index (χ0v) is 84.9. The van der Waals surface area contributed by atoms with Crippen LogP contribution in [0.4, 0.5) is 0 Å². The number of nitrogens with one attached hydrogen (secondary N) is 4. The van der Waals surface area contributed by atoms with Crippen molar-refractivity contribution < 1.29 is 218 Å². The molecule has 39 atom stereocenters. The van der Waals surface area contributed by atoms with Gasteiger partial charge in [0.05, 0.1) is 89.3 Å². The number of unbranched alkanes of at least 4 members (excludes halogenated alkanes) is 33. The van der Waals surface area contributed by atoms with Crippen LogP contribution >= 0.6 is 0 Å². The van der Waals surface area contributed by atoms with Crippen LogP contribution < -0.4 is 21.3 Å². The van der Waals surface area contributed by atoms with E-state index in [2.05, 4.69) is 35.1 Å². The number of allylic oxidation sites excluding steroid dienone is 1. The standard InChI is InChI=1S/C98H174N4O44/c1-6-8-10-12-14-16-18-20-21-22-23-24-25-26-27-28-29-31-33-35-37-39-41-43-68(117)102-57(58(113)42-40-38-36-34-32-30-19-17-15-13-11-9-7-2)53-133-91-79(125)77(123)83(66(51-108)137-91)139-92-80(126)78(124)84(67(52-109)138-92)140-93-81(127)88(74(120)63(48-105)135-93)142-90-71(101-56(5)112)85(73(119)62(47-104)134-90)141-94-82(128)89(75(121)64(49-106)136-94)146-98(96(131)132)45-60(115)70(100-55(4)111)87(145-98)76(122)65(50-107)143-97(95(129)130)44-59(114)69(99-54(3)110)86(144-97)72(118)61(116)46-103/h40,42,57-67,69-94,103-109,113-116,118-128H,6-39,41,43-53H2,1-5H3,(H,99,110)(H,100,111)(H,101,112)(H,102,117)(H,129,130)(H,131,132)/b42-40+/t57-,58+,59?,60?,61+,62?,63?,64?,65+,66?,67?,69+,70+,71?,72+,73-,74-,75-,76+,77+,78+,79?,80?,81?,82?,83+,84-,85+,86?,87?,88-,89-,90-,91+,92-,93-,94-,97+,98-/m0/s1. The molecule has 0 radical (unpaired) electrons. The van der Waals surface area contributed by atoms with Crippen molar-refractivity contribution >= 4 is 35.6 Å². The van der Waals surface area contributed by atoms with Crippen molar-refractivity contribution in [2.24, 2.45) is 0 Å². The number of carbonyl (C=O) groups excluding carboxylic acids is 4. The Kier molecular flexibility index (Phi) is 58.2. The third kappa shape index (κ3) is 38.0. The van der Waals surface area contributed by atoms with Gasteiger partial charge in [-0.1, -0.05) is 231 Å². The molecule has 0 spiro atoms. The summed E-state index contributed by atoms with van der Waals surface area (Å²) in [5, 5.41) is 282. The Labute approximate surface area is 852 Å². The fraction of sp³-hybridized carbons (Fsp3) is 0.918. The number of carboxylic acids is 2. The lowest BCUT2D eigenvalue weighted by atomic mass is 9.87. The molecule has 28 N–H and O–H groups in total. The molecule has 0 aromatic rings. The molecule has 0 aromatic carbocycles. The van der Waals surface area contributed by atoms with Gasteiger partial charge in [0.1, 0.15) is 159 Å². The SMILES string of the molecule is CCCCCCCCCCCCC/C=C/[C@@H](O)[C@H](CO[C@@H]1OC(CO)[C@@H](O[C@@H]2OC(CO)[C@H](O[C@@H]3OC(CO)[C@H](O)[C@H](O[C@@H]4OC(CO)[C@H](O)[C@H](O[C@@H]5OC(CO)[C@H](O)[C@H](O[C@]6(C(=O)O)CC(O)[C@@H](NC(C)=O)C([C@H](O)[C@@H](CO)O[C@]7(C(=O)O)CC(O)[C@@H](NC(C)=O)C([C@H](O)[C@H](O)CO)O7)O6)C5O)C4NC(C)=O)C3O)[C@H](O)C2O)[C@H](O)C1O)NC(=O)CCCCCCCCCCCCCCCCCCCCCCCCC. The highest BCUT2D eigenvalue weighted by Gasteiger charge is 2.64. The number of carboxylic acid groups (broad SMARTS) is 2. The van der Waals surface area contributed by atoms with Gasteiger partial charge in [0, 0.05) is 40.0 Å². The van der Waals surface area contributed by atoms with Crippen LogP contribution in [-0.2, 0) is 95.1 Å². The number of carbonyl (C=O) groups is 6. The van der Waals surface area contributed by atoms with Crippen molar-refractivity contribution in [3.63, 3.8) is 0 Å². The fourth-order valence-corrected chi connectivity index (χ4v) is 19.8. The largest absolute Gasteiger partial charge is 0.477 e. The molecule has 0 bridgehead atoms. The van der Waals surface area contributed by atoms with Crippen molar-refractivity contribution in [1.82, 2.24) is 21.3 Å². The van der Waals surface area contributed by atoms with E-state index in [-0.39, 0.29) is 12.3 Å². The number of hydrogen-bond acceptors (Lipinski definition) is 42. The predicted octanol–water partition coefficient (Wildman–Crippen LogP) is -2.92. The molecule has 0 saturated carbocycles. The quantitative estimate of drug-likeness (QED) is 0.0214. The van der Waals surface area contributed by atoms with Gasteiger partial charge in [-0.3, -0.25) is 19.2 Å². The molecule has 146 heavy (non-hydrogen) atoms. The van der Waals surface area contributed by atoms with E-state index in [1.54, 1.807) is 6.08 Å². The Morgan fingerprint density at radius 3 is 1.13 bits per heavy atom. The Bertz CT molecular complexity index is 3690. The second-order valence-electron chi connectivity index (χ2n) is 39.9. The van der Waals surface area contributed by atoms with E-state index in [1.807, 2.05) is 6.08 Å². The normalized spacial score (nSPS) is 35.3. The summed E-state index contributed by atoms with van der Waals surface area (Å²) in [4.78, 5) is 79.1. The molecule has 7 saturated heterocycles. The van der Waals surface area contributed by atoms with Crippen molar-refractivity contribution in [2.45, 2.75) is 517 Å². The van der Waals surface area contributed by atoms with Gasteiger partial charge in [-0.15, -0.1) is 0 Å². The summed E-state index contributed by atoms with van der Waals surface area (Å²) < 4.78 is 82.5. The average molecular weight is 2110 g/mol. The molecule has 14 unspecified atom stereocenters. The molecule has 48 heteroatoms. The number of hydrogen-bond donors (Lipinski definition) is 28. The molecular weight excluding hydrogens is 1940 g/mol. The van der Waals surface area contributed by atoms with E-state index in [4.69, 9.17) is 66.3 Å². The van der Waals surface area contributed by atoms with Crippen LogP contribution in [0.15, 0.2) is 12.2 Å². The lowest BCUT2D eigenvalue weighted by Gasteiger charge is -2.52. The first-order chi connectivity index (χ1) is 69.8. The van der Waals surface area contributed by atoms with E-state index >= 15 is 0 Å². The zero-order valence-electron chi connectivity index (χ0n) is 84.9. The van der Waals surface area contributed by atoms with Gasteiger partial charge >= 0.3 is 11.9 Å². The molecule has 7 heterocycles. The molecule has 7 aliphatic rings. The smallest absolute Gasteiger partial charge is 0.364 e. The Hall–Kier alpha value is -4.88. The number of ether oxygens (including phenoxy) is 14. The Morgan fingerprint density at radius 2 is 0.712 bits per heavy atom. The minimum atomic E-state index is -3.56. The van der Waals surface area contributed by atoms with E-state index in [1.165, 1.54) is 154 Å². The van der Waals surface area contributed by atoms with Gasteiger partial charge in [-0.2, -0.15) is 0 Å². The summed E-state index contributed by atoms with van der Waals surface area (Å²) in [5.41, 5.74) is 0. The monoisotopic (exact) mass is 2110 g/mol. The van der Waals surface area contributed by atoms with E-state index in [9.17, 15) is 151 Å². The maximum atomic E-state index is 13.8. The van der Waals surface area contributed by atoms with E-state index in [0.29, 0.717) is 12.8 Å². The molecule has 48 nitrogen and oxygen atoms in total. The number of amides is 4. The molecule has 7 fully saturated rings. The predicted molar refractivity (Wildman–Crippen MR) is 509 cm³/mol. The summed E-state index contributed by atoms with van der Waals surface area (Å²) >= 11 is 0. The van der Waals surface area contributed by atoms with Crippen LogP contribution in [0, 0.1) is 0 Å². The summed E-state index contributed by atoms with van der Waals surface area (Å²) in [6.07, 6.45) is -29.8. The van der Waals surface area contributed by atoms with Crippen LogP contribution in [0.25, 0.3) is 0 Å². The average Bonchev–Trinajstić information content (AvgIpc) is 0.747. The first kappa shape index (κ1) is 128. The first-order valence-electron chi connectivity index (χ1n) is 52.7. The second kappa shape index (κ2) is 66.4. The van der Waals surface area contributed by atoms with E-state index in [0.717, 1.165) is 78.6 Å². The highest BCUT2D eigenvalue weighted by Crippen LogP contribution is 2.43. The van der Waals surface area contributed by atoms with Crippen LogP contribution in [0.2, 0.25) is 0 Å². The lowest BCUT2D eigenvalue weighted by Crippen LogP contribution is -2.72. The van der Waals surface area contributed by atoms with Crippen LogP contribution in [0.3, 0.4) is 0 Å². The molecular formula is C98H174N4O44. The van der Waals surface area contributed by atoms with Crippen molar-refractivity contribution in [2.75, 3.05) is 52.9 Å². The maximum Gasteiger partial charge on any atom is 0.364 e. The second-order valence-corrected chi connectivity index (χ2v) is 39.9. The van der Waals surface area contributed by atoms with Gasteiger partial charge in [0.15, 0.2) is 31.5 Å². The highest BCUT2D eigenvalue weighted by molar-refractivity contribution is 5.78. The van der Waals surface area contributed by atoms with Crippen molar-refractivity contribution in [1.29, 1.82) is 0 Å². The first-order valence-corrected chi connectivity index (χ1v) is 52.7. The summed E-state index contributed by atoms with van der Waals surface area (Å²) in [5.74, 6) is -14.7. The molecule has 0 aromatic heterocycles. The number of aliphatic hydroxyl groups is 22. The Morgan fingerprint density at radius 1 is 0.370 bits per heavy atom. The van der Waals surface area contributed by atoms with Crippen LogP contribution in [-0.4, -0.2) is 449 Å². The highest BCUT2D eigenvalue weighted by atomic mass is 16.8. The Balaban J connectivity index is 0.995. The zero-order chi connectivity index (χ0) is 107. The molecule has 4 amide bonds.